The van der Waals surface area contributed by atoms with E-state index in [0.29, 0.717) is 22.9 Å². The number of benzene rings is 1. The van der Waals surface area contributed by atoms with Gasteiger partial charge in [-0.3, -0.25) is 23.3 Å². The summed E-state index contributed by atoms with van der Waals surface area (Å²) in [4.78, 5) is 40.8. The van der Waals surface area contributed by atoms with Crippen molar-refractivity contribution in [2.75, 3.05) is 5.32 Å². The van der Waals surface area contributed by atoms with Gasteiger partial charge in [0.2, 0.25) is 5.91 Å². The number of hydrogen-bond acceptors (Lipinski definition) is 4. The number of fused-ring (bicyclic) bond motifs is 1. The number of nitrogens with one attached hydrogen (secondary N) is 1. The number of carbonyl (C=O) groups excluding carboxylic acids is 1. The van der Waals surface area contributed by atoms with Gasteiger partial charge in [-0.2, -0.15) is 0 Å². The van der Waals surface area contributed by atoms with Crippen LogP contribution in [0, 0.1) is 0 Å². The van der Waals surface area contributed by atoms with E-state index in [1.807, 2.05) is 18.2 Å². The highest BCUT2D eigenvalue weighted by Gasteiger charge is 2.18. The Balaban J connectivity index is 2.37. The topological polar surface area (TPSA) is 90.9 Å². The maximum Gasteiger partial charge on any atom is 0.332 e. The number of carbonyl (C=O) groups is 1. The first-order chi connectivity index (χ1) is 12.8. The lowest BCUT2D eigenvalue weighted by molar-refractivity contribution is -0.114. The van der Waals surface area contributed by atoms with Gasteiger partial charge in [-0.05, 0) is 30.0 Å². The summed E-state index contributed by atoms with van der Waals surface area (Å²) in [7, 11) is 3.01. The first kappa shape index (κ1) is 18.6. The van der Waals surface area contributed by atoms with Crippen LogP contribution in [-0.4, -0.2) is 24.6 Å². The molecule has 8 heteroatoms. The lowest BCUT2D eigenvalue weighted by atomic mass is 9.97. The van der Waals surface area contributed by atoms with Crippen molar-refractivity contribution in [2.45, 2.75) is 33.1 Å². The highest BCUT2D eigenvalue weighted by molar-refractivity contribution is 5.91. The Morgan fingerprint density at radius 2 is 1.93 bits per heavy atom. The van der Waals surface area contributed by atoms with Crippen LogP contribution >= 0.6 is 0 Å². The Morgan fingerprint density at radius 1 is 1.22 bits per heavy atom. The molecule has 0 fully saturated rings. The fraction of sp³-hybridized carbons (Fsp3) is 0.368. The molecular weight excluding hydrogens is 346 g/mol. The van der Waals surface area contributed by atoms with Crippen LogP contribution in [0.1, 0.15) is 38.7 Å². The van der Waals surface area contributed by atoms with Crippen LogP contribution in [0.3, 0.4) is 0 Å². The number of imidazole rings is 1. The van der Waals surface area contributed by atoms with E-state index in [4.69, 9.17) is 0 Å². The molecule has 1 unspecified atom stereocenters. The third kappa shape index (κ3) is 3.07. The molecule has 2 heterocycles. The molecule has 1 amide bonds. The minimum atomic E-state index is -0.437. The molecule has 3 rings (SSSR count). The van der Waals surface area contributed by atoms with Gasteiger partial charge in [-0.1, -0.05) is 19.9 Å². The molecule has 1 atom stereocenters. The predicted molar refractivity (Wildman–Crippen MR) is 105 cm³/mol. The fourth-order valence-electron chi connectivity index (χ4n) is 3.11. The van der Waals surface area contributed by atoms with Crippen molar-refractivity contribution in [1.82, 2.24) is 18.7 Å². The maximum atomic E-state index is 12.8. The van der Waals surface area contributed by atoms with E-state index in [0.717, 1.165) is 16.6 Å². The maximum absolute atomic E-state index is 12.8. The smallest absolute Gasteiger partial charge is 0.325 e. The summed E-state index contributed by atoms with van der Waals surface area (Å²) < 4.78 is 4.02. The fourth-order valence-corrected chi connectivity index (χ4v) is 3.11. The van der Waals surface area contributed by atoms with Gasteiger partial charge in [0.15, 0.2) is 11.2 Å². The van der Waals surface area contributed by atoms with Crippen molar-refractivity contribution in [3.05, 3.63) is 50.9 Å². The zero-order valence-corrected chi connectivity index (χ0v) is 16.1. The minimum Gasteiger partial charge on any atom is -0.325 e. The molecule has 0 aliphatic rings. The van der Waals surface area contributed by atoms with E-state index >= 15 is 0 Å². The highest BCUT2D eigenvalue weighted by atomic mass is 16.2. The molecule has 0 bridgehead atoms. The van der Waals surface area contributed by atoms with E-state index < -0.39 is 11.2 Å². The lowest BCUT2D eigenvalue weighted by Gasteiger charge is -2.16. The molecule has 1 N–H and O–H groups in total. The number of nitrogens with zero attached hydrogens (tertiary/aromatic N) is 4. The van der Waals surface area contributed by atoms with Crippen molar-refractivity contribution in [2.24, 2.45) is 14.1 Å². The number of anilines is 1. The van der Waals surface area contributed by atoms with Gasteiger partial charge in [-0.15, -0.1) is 0 Å². The van der Waals surface area contributed by atoms with Crippen molar-refractivity contribution in [1.29, 1.82) is 0 Å². The van der Waals surface area contributed by atoms with Gasteiger partial charge >= 0.3 is 5.69 Å². The second kappa shape index (κ2) is 6.86. The molecule has 0 aliphatic heterocycles. The molecule has 3 aromatic rings. The van der Waals surface area contributed by atoms with E-state index in [1.54, 1.807) is 11.6 Å². The molecule has 0 saturated heterocycles. The number of aromatic nitrogens is 4. The van der Waals surface area contributed by atoms with Crippen LogP contribution in [0.2, 0.25) is 0 Å². The number of rotatable bonds is 4. The first-order valence-corrected chi connectivity index (χ1v) is 8.81. The van der Waals surface area contributed by atoms with Crippen molar-refractivity contribution < 1.29 is 4.79 Å². The first-order valence-electron chi connectivity index (χ1n) is 8.81. The van der Waals surface area contributed by atoms with Crippen LogP contribution in [0.25, 0.3) is 16.9 Å². The van der Waals surface area contributed by atoms with Crippen LogP contribution in [0.4, 0.5) is 5.69 Å². The minimum absolute atomic E-state index is 0.211. The Kier molecular flexibility index (Phi) is 4.73. The van der Waals surface area contributed by atoms with Gasteiger partial charge in [0, 0.05) is 21.0 Å². The zero-order chi connectivity index (χ0) is 19.9. The standard InChI is InChI=1S/C19H23N5O3/c1-6-11(2)13-7-8-14(21-12(3)25)15(9-13)24-10-20-17-16(24)18(26)23(5)19(27)22(17)4/h7-11H,6H2,1-5H3,(H,21,25). The Morgan fingerprint density at radius 3 is 2.56 bits per heavy atom. The SMILES string of the molecule is CCC(C)c1ccc(NC(C)=O)c(-n2cnc3c2c(=O)n(C)c(=O)n3C)c1. The molecular formula is C19H23N5O3. The van der Waals surface area contributed by atoms with Crippen LogP contribution < -0.4 is 16.6 Å². The molecule has 2 aromatic heterocycles. The van der Waals surface area contributed by atoms with E-state index in [-0.39, 0.29) is 11.4 Å². The third-order valence-electron chi connectivity index (χ3n) is 4.92. The Labute approximate surface area is 156 Å². The number of amides is 1. The van der Waals surface area contributed by atoms with Gasteiger partial charge in [0.1, 0.15) is 6.33 Å². The summed E-state index contributed by atoms with van der Waals surface area (Å²) in [6.45, 7) is 5.65. The Bertz CT molecular complexity index is 1150. The normalized spacial score (nSPS) is 12.3. The largest absolute Gasteiger partial charge is 0.332 e. The monoisotopic (exact) mass is 369 g/mol. The molecule has 0 radical (unpaired) electrons. The number of hydrogen-bond donors (Lipinski definition) is 1. The van der Waals surface area contributed by atoms with E-state index in [2.05, 4.69) is 24.1 Å². The molecule has 1 aromatic carbocycles. The summed E-state index contributed by atoms with van der Waals surface area (Å²) in [5.41, 5.74) is 2.01. The van der Waals surface area contributed by atoms with Gasteiger partial charge in [-0.25, -0.2) is 9.78 Å². The molecule has 0 saturated carbocycles. The highest BCUT2D eigenvalue weighted by Crippen LogP contribution is 2.28. The van der Waals surface area contributed by atoms with Crippen LogP contribution in [0.15, 0.2) is 34.1 Å². The van der Waals surface area contributed by atoms with Gasteiger partial charge < -0.3 is 5.32 Å². The van der Waals surface area contributed by atoms with Crippen molar-refractivity contribution in [3.63, 3.8) is 0 Å². The van der Waals surface area contributed by atoms with Gasteiger partial charge in [0.05, 0.1) is 11.4 Å². The van der Waals surface area contributed by atoms with Crippen molar-refractivity contribution >= 4 is 22.8 Å². The molecule has 142 valence electrons. The van der Waals surface area contributed by atoms with Crippen molar-refractivity contribution in [3.8, 4) is 5.69 Å². The third-order valence-corrected chi connectivity index (χ3v) is 4.92. The van der Waals surface area contributed by atoms with Crippen LogP contribution in [0.5, 0.6) is 0 Å². The van der Waals surface area contributed by atoms with E-state index in [9.17, 15) is 14.4 Å². The second-order valence-electron chi connectivity index (χ2n) is 6.76. The average Bonchev–Trinajstić information content (AvgIpc) is 3.09. The quantitative estimate of drug-likeness (QED) is 0.760. The van der Waals surface area contributed by atoms with E-state index in [1.165, 1.54) is 24.9 Å². The summed E-state index contributed by atoms with van der Waals surface area (Å²) >= 11 is 0. The summed E-state index contributed by atoms with van der Waals surface area (Å²) in [6.07, 6.45) is 2.46. The Hall–Kier alpha value is -3.16. The summed E-state index contributed by atoms with van der Waals surface area (Å²) in [5, 5.41) is 2.81. The molecule has 8 nitrogen and oxygen atoms in total. The molecule has 0 spiro atoms. The molecule has 0 aliphatic carbocycles. The predicted octanol–water partition coefficient (Wildman–Crippen LogP) is 1.89. The zero-order valence-electron chi connectivity index (χ0n) is 16.1. The average molecular weight is 369 g/mol. The summed E-state index contributed by atoms with van der Waals surface area (Å²) in [5.74, 6) is 0.106. The lowest BCUT2D eigenvalue weighted by Crippen LogP contribution is -2.37. The van der Waals surface area contributed by atoms with Gasteiger partial charge in [0.25, 0.3) is 5.56 Å². The molecule has 27 heavy (non-hydrogen) atoms. The van der Waals surface area contributed by atoms with Crippen LogP contribution in [-0.2, 0) is 18.9 Å². The number of aryl methyl sites for hydroxylation is 1. The summed E-state index contributed by atoms with van der Waals surface area (Å²) in [6, 6.07) is 5.75. The second-order valence-corrected chi connectivity index (χ2v) is 6.76.